The maximum Gasteiger partial charge on any atom is 0.239 e. The summed E-state index contributed by atoms with van der Waals surface area (Å²) in [5.74, 6) is -0.0413. The first-order chi connectivity index (χ1) is 13.1. The zero-order valence-electron chi connectivity index (χ0n) is 15.7. The van der Waals surface area contributed by atoms with E-state index >= 15 is 0 Å². The van der Waals surface area contributed by atoms with E-state index in [-0.39, 0.29) is 12.5 Å². The molecule has 1 aromatic carbocycles. The molecule has 1 saturated carbocycles. The van der Waals surface area contributed by atoms with E-state index in [1.54, 1.807) is 11.3 Å². The summed E-state index contributed by atoms with van der Waals surface area (Å²) >= 11 is 7.39. The van der Waals surface area contributed by atoms with E-state index in [0.717, 1.165) is 12.1 Å². The first-order valence-corrected chi connectivity index (χ1v) is 10.8. The van der Waals surface area contributed by atoms with Crippen molar-refractivity contribution in [3.63, 3.8) is 0 Å². The monoisotopic (exact) mass is 401 g/mol. The highest BCUT2D eigenvalue weighted by Gasteiger charge is 2.25. The number of benzene rings is 1. The number of thiophene rings is 1. The Morgan fingerprint density at radius 3 is 2.59 bits per heavy atom. The fourth-order valence-corrected chi connectivity index (χ4v) is 4.37. The lowest BCUT2D eigenvalue weighted by Crippen LogP contribution is -2.47. The van der Waals surface area contributed by atoms with Gasteiger partial charge in [-0.25, -0.2) is 0 Å². The second kappa shape index (κ2) is 9.85. The standard InChI is InChI=1S/C21H27N3OS2/c1-16-8-10-17(11-9-16)13-22-20(25)14-23-21(26)24(18-5-2-3-6-18)15-19-7-4-12-27-19/h4,7-12,18H,2-3,5-6,13-15H2,1H3,(H,22,25)(H,23,26). The molecule has 27 heavy (non-hydrogen) atoms. The molecule has 4 nitrogen and oxygen atoms in total. The van der Waals surface area contributed by atoms with Gasteiger partial charge in [-0.1, -0.05) is 48.7 Å². The van der Waals surface area contributed by atoms with Crippen molar-refractivity contribution in [1.82, 2.24) is 15.5 Å². The van der Waals surface area contributed by atoms with Crippen LogP contribution in [-0.4, -0.2) is 28.5 Å². The van der Waals surface area contributed by atoms with E-state index in [1.165, 1.54) is 36.1 Å². The Morgan fingerprint density at radius 1 is 1.19 bits per heavy atom. The first kappa shape index (κ1) is 19.8. The fourth-order valence-electron chi connectivity index (χ4n) is 3.38. The van der Waals surface area contributed by atoms with Gasteiger partial charge in [0.05, 0.1) is 13.1 Å². The summed E-state index contributed by atoms with van der Waals surface area (Å²) in [5.41, 5.74) is 2.32. The van der Waals surface area contributed by atoms with Gasteiger partial charge in [-0.15, -0.1) is 11.3 Å². The van der Waals surface area contributed by atoms with Crippen molar-refractivity contribution in [2.75, 3.05) is 6.54 Å². The van der Waals surface area contributed by atoms with E-state index in [9.17, 15) is 4.79 Å². The van der Waals surface area contributed by atoms with Crippen molar-refractivity contribution in [3.8, 4) is 0 Å². The second-order valence-electron chi connectivity index (χ2n) is 7.07. The highest BCUT2D eigenvalue weighted by atomic mass is 32.1. The van der Waals surface area contributed by atoms with Gasteiger partial charge in [-0.2, -0.15) is 0 Å². The molecule has 0 unspecified atom stereocenters. The van der Waals surface area contributed by atoms with Crippen LogP contribution in [-0.2, 0) is 17.9 Å². The largest absolute Gasteiger partial charge is 0.353 e. The van der Waals surface area contributed by atoms with Crippen molar-refractivity contribution >= 4 is 34.6 Å². The normalized spacial score (nSPS) is 14.1. The SMILES string of the molecule is Cc1ccc(CNC(=O)CNC(=S)N(Cc2cccs2)C2CCCC2)cc1. The third kappa shape index (κ3) is 6.04. The highest BCUT2D eigenvalue weighted by molar-refractivity contribution is 7.80. The Labute approximate surface area is 171 Å². The molecule has 1 aliphatic carbocycles. The number of aryl methyl sites for hydroxylation is 1. The number of carbonyl (C=O) groups excluding carboxylic acids is 1. The number of nitrogens with one attached hydrogen (secondary N) is 2. The molecule has 0 bridgehead atoms. The molecule has 144 valence electrons. The number of nitrogens with zero attached hydrogens (tertiary/aromatic N) is 1. The first-order valence-electron chi connectivity index (χ1n) is 9.51. The number of hydrogen-bond donors (Lipinski definition) is 2. The van der Waals surface area contributed by atoms with Crippen LogP contribution in [0.25, 0.3) is 0 Å². The van der Waals surface area contributed by atoms with Gasteiger partial charge in [0.2, 0.25) is 5.91 Å². The number of thiocarbonyl (C=S) groups is 1. The average molecular weight is 402 g/mol. The minimum atomic E-state index is -0.0413. The minimum Gasteiger partial charge on any atom is -0.353 e. The third-order valence-electron chi connectivity index (χ3n) is 4.94. The zero-order valence-corrected chi connectivity index (χ0v) is 17.4. The molecule has 2 N–H and O–H groups in total. The lowest BCUT2D eigenvalue weighted by molar-refractivity contribution is -0.120. The fraction of sp³-hybridized carbons (Fsp3) is 0.429. The maximum atomic E-state index is 12.2. The molecule has 0 saturated heterocycles. The lowest BCUT2D eigenvalue weighted by Gasteiger charge is -2.31. The summed E-state index contributed by atoms with van der Waals surface area (Å²) in [6, 6.07) is 12.9. The van der Waals surface area contributed by atoms with Crippen LogP contribution in [0.1, 0.15) is 41.7 Å². The van der Waals surface area contributed by atoms with Gasteiger partial charge in [0.25, 0.3) is 0 Å². The van der Waals surface area contributed by atoms with E-state index in [0.29, 0.717) is 17.7 Å². The Morgan fingerprint density at radius 2 is 1.93 bits per heavy atom. The second-order valence-corrected chi connectivity index (χ2v) is 8.49. The predicted octanol–water partition coefficient (Wildman–Crippen LogP) is 3.99. The van der Waals surface area contributed by atoms with Crippen LogP contribution in [0.2, 0.25) is 0 Å². The average Bonchev–Trinajstić information content (AvgIpc) is 3.37. The van der Waals surface area contributed by atoms with Gasteiger partial charge >= 0.3 is 0 Å². The molecule has 2 aromatic rings. The Bertz CT molecular complexity index is 737. The maximum absolute atomic E-state index is 12.2. The molecule has 1 fully saturated rings. The number of rotatable bonds is 7. The summed E-state index contributed by atoms with van der Waals surface area (Å²) in [4.78, 5) is 15.8. The molecule has 0 radical (unpaired) electrons. The van der Waals surface area contributed by atoms with Crippen molar-refractivity contribution in [2.24, 2.45) is 0 Å². The zero-order chi connectivity index (χ0) is 19.1. The van der Waals surface area contributed by atoms with Gasteiger partial charge in [0.15, 0.2) is 5.11 Å². The molecule has 0 aliphatic heterocycles. The van der Waals surface area contributed by atoms with Crippen LogP contribution in [0.3, 0.4) is 0 Å². The van der Waals surface area contributed by atoms with Crippen LogP contribution in [0.5, 0.6) is 0 Å². The number of hydrogen-bond acceptors (Lipinski definition) is 3. The molecule has 1 aliphatic rings. The summed E-state index contributed by atoms with van der Waals surface area (Å²) in [6.07, 6.45) is 4.86. The topological polar surface area (TPSA) is 44.4 Å². The van der Waals surface area contributed by atoms with E-state index in [1.807, 2.05) is 12.1 Å². The quantitative estimate of drug-likeness (QED) is 0.689. The molecule has 0 atom stereocenters. The van der Waals surface area contributed by atoms with Gasteiger partial charge in [0.1, 0.15) is 0 Å². The molecular weight excluding hydrogens is 374 g/mol. The molecule has 3 rings (SSSR count). The van der Waals surface area contributed by atoms with E-state index < -0.39 is 0 Å². The molecule has 1 heterocycles. The van der Waals surface area contributed by atoms with Crippen LogP contribution < -0.4 is 10.6 Å². The third-order valence-corrected chi connectivity index (χ3v) is 6.18. The summed E-state index contributed by atoms with van der Waals surface area (Å²) in [6.45, 7) is 3.62. The Hall–Kier alpha value is -1.92. The van der Waals surface area contributed by atoms with Gasteiger partial charge < -0.3 is 15.5 Å². The van der Waals surface area contributed by atoms with Crippen LogP contribution in [0.4, 0.5) is 0 Å². The predicted molar refractivity (Wildman–Crippen MR) is 116 cm³/mol. The number of carbonyl (C=O) groups is 1. The van der Waals surface area contributed by atoms with Gasteiger partial charge in [-0.3, -0.25) is 4.79 Å². The van der Waals surface area contributed by atoms with Crippen LogP contribution in [0.15, 0.2) is 41.8 Å². The smallest absolute Gasteiger partial charge is 0.239 e. The number of amides is 1. The van der Waals surface area contributed by atoms with E-state index in [2.05, 4.69) is 52.1 Å². The molecule has 6 heteroatoms. The minimum absolute atomic E-state index is 0.0413. The van der Waals surface area contributed by atoms with E-state index in [4.69, 9.17) is 12.2 Å². The summed E-state index contributed by atoms with van der Waals surface area (Å²) in [5, 5.41) is 8.89. The molecule has 0 spiro atoms. The molecule has 1 amide bonds. The Balaban J connectivity index is 1.48. The highest BCUT2D eigenvalue weighted by Crippen LogP contribution is 2.26. The Kier molecular flexibility index (Phi) is 7.24. The van der Waals surface area contributed by atoms with Crippen molar-refractivity contribution in [1.29, 1.82) is 0 Å². The van der Waals surface area contributed by atoms with Crippen LogP contribution >= 0.6 is 23.6 Å². The van der Waals surface area contributed by atoms with Gasteiger partial charge in [-0.05, 0) is 49.0 Å². The lowest BCUT2D eigenvalue weighted by atomic mass is 10.1. The summed E-state index contributed by atoms with van der Waals surface area (Å²) < 4.78 is 0. The summed E-state index contributed by atoms with van der Waals surface area (Å²) in [7, 11) is 0. The van der Waals surface area contributed by atoms with Crippen LogP contribution in [0, 0.1) is 6.92 Å². The van der Waals surface area contributed by atoms with Gasteiger partial charge in [0, 0.05) is 17.5 Å². The van der Waals surface area contributed by atoms with Crippen molar-refractivity contribution in [3.05, 3.63) is 57.8 Å². The van der Waals surface area contributed by atoms with Crippen molar-refractivity contribution < 1.29 is 4.79 Å². The molecule has 1 aromatic heterocycles. The van der Waals surface area contributed by atoms with Crippen molar-refractivity contribution in [2.45, 2.75) is 51.7 Å². The molecular formula is C21H27N3OS2.